The summed E-state index contributed by atoms with van der Waals surface area (Å²) in [6, 6.07) is 13.6. The number of hydrogen-bond acceptors (Lipinski definition) is 6. The Balaban J connectivity index is 1.67. The minimum absolute atomic E-state index is 0.535. The number of rotatable bonds is 5. The summed E-state index contributed by atoms with van der Waals surface area (Å²) >= 11 is 6.23. The Labute approximate surface area is 175 Å². The van der Waals surface area contributed by atoms with E-state index in [0.717, 1.165) is 48.1 Å². The number of ether oxygens (including phenoxy) is 1. The van der Waals surface area contributed by atoms with Crippen molar-refractivity contribution in [2.45, 2.75) is 25.8 Å². The molecule has 2 heterocycles. The number of aromatic nitrogens is 2. The molecule has 148 valence electrons. The predicted octanol–water partition coefficient (Wildman–Crippen LogP) is 4.77. The van der Waals surface area contributed by atoms with Gasteiger partial charge in [-0.1, -0.05) is 17.7 Å². The normalized spacial score (nSPS) is 13.9. The molecule has 1 aromatic heterocycles. The molecule has 1 saturated heterocycles. The molecule has 29 heavy (non-hydrogen) atoms. The number of piperidine rings is 1. The molecule has 0 unspecified atom stereocenters. The molecule has 0 amide bonds. The topological polar surface area (TPSA) is 74.1 Å². The number of anilines is 2. The van der Waals surface area contributed by atoms with Crippen molar-refractivity contribution in [3.8, 4) is 11.8 Å². The number of nitriles is 1. The molecule has 0 spiro atoms. The van der Waals surface area contributed by atoms with Gasteiger partial charge in [0.15, 0.2) is 11.6 Å². The van der Waals surface area contributed by atoms with E-state index in [4.69, 9.17) is 16.3 Å². The van der Waals surface area contributed by atoms with Gasteiger partial charge in [0.05, 0.1) is 23.8 Å². The van der Waals surface area contributed by atoms with Crippen molar-refractivity contribution in [2.75, 3.05) is 30.4 Å². The van der Waals surface area contributed by atoms with E-state index in [9.17, 15) is 5.26 Å². The van der Waals surface area contributed by atoms with Gasteiger partial charge < -0.3 is 15.0 Å². The van der Waals surface area contributed by atoms with E-state index in [1.807, 2.05) is 36.4 Å². The predicted molar refractivity (Wildman–Crippen MR) is 116 cm³/mol. The first-order chi connectivity index (χ1) is 14.2. The van der Waals surface area contributed by atoms with Crippen molar-refractivity contribution in [1.82, 2.24) is 10.2 Å². The highest BCUT2D eigenvalue weighted by molar-refractivity contribution is 6.32. The number of fused-ring (bicyclic) bond motifs is 1. The molecule has 2 aromatic carbocycles. The van der Waals surface area contributed by atoms with Crippen LogP contribution in [0.1, 0.15) is 30.4 Å². The number of hydrogen-bond donors (Lipinski definition) is 1. The van der Waals surface area contributed by atoms with Gasteiger partial charge in [0.2, 0.25) is 0 Å². The highest BCUT2D eigenvalue weighted by Gasteiger charge is 2.18. The van der Waals surface area contributed by atoms with Crippen molar-refractivity contribution in [2.24, 2.45) is 0 Å². The lowest BCUT2D eigenvalue weighted by molar-refractivity contribution is 0.415. The Morgan fingerprint density at radius 2 is 1.93 bits per heavy atom. The minimum Gasteiger partial charge on any atom is -0.495 e. The summed E-state index contributed by atoms with van der Waals surface area (Å²) < 4.78 is 5.21. The van der Waals surface area contributed by atoms with Crippen LogP contribution in [-0.4, -0.2) is 30.4 Å². The monoisotopic (exact) mass is 407 g/mol. The van der Waals surface area contributed by atoms with Crippen LogP contribution in [0, 0.1) is 11.3 Å². The van der Waals surface area contributed by atoms with Gasteiger partial charge in [-0.15, -0.1) is 10.2 Å². The van der Waals surface area contributed by atoms with Crippen LogP contribution in [0.4, 0.5) is 11.6 Å². The molecule has 1 fully saturated rings. The van der Waals surface area contributed by atoms with Gasteiger partial charge in [-0.3, -0.25) is 0 Å². The second-order valence-electron chi connectivity index (χ2n) is 7.11. The lowest BCUT2D eigenvalue weighted by Crippen LogP contribution is -2.30. The van der Waals surface area contributed by atoms with Gasteiger partial charge in [-0.25, -0.2) is 0 Å². The number of nitrogens with one attached hydrogen (secondary N) is 1. The zero-order valence-electron chi connectivity index (χ0n) is 16.3. The standard InChI is InChI=1S/C22H22ClN5O/c1-29-20-8-6-16(12-19(20)23)14-25-21-18-11-15(13-24)5-7-17(18)22(27-26-21)28-9-3-2-4-10-28/h5-8,11-12H,2-4,9-10,14H2,1H3,(H,25,26). The number of methoxy groups -OCH3 is 1. The van der Waals surface area contributed by atoms with Crippen LogP contribution in [0.5, 0.6) is 5.75 Å². The largest absolute Gasteiger partial charge is 0.495 e. The highest BCUT2D eigenvalue weighted by atomic mass is 35.5. The van der Waals surface area contributed by atoms with Crippen LogP contribution in [0.25, 0.3) is 10.8 Å². The Kier molecular flexibility index (Phi) is 5.68. The molecule has 3 aromatic rings. The maximum absolute atomic E-state index is 9.35. The van der Waals surface area contributed by atoms with E-state index < -0.39 is 0 Å². The fourth-order valence-corrected chi connectivity index (χ4v) is 3.97. The van der Waals surface area contributed by atoms with Gasteiger partial charge in [-0.05, 0) is 55.2 Å². The molecule has 0 saturated carbocycles. The molecule has 6 nitrogen and oxygen atoms in total. The first-order valence-corrected chi connectivity index (χ1v) is 10.1. The molecular formula is C22H22ClN5O. The maximum atomic E-state index is 9.35. The third-order valence-electron chi connectivity index (χ3n) is 5.22. The quantitative estimate of drug-likeness (QED) is 0.656. The van der Waals surface area contributed by atoms with Crippen LogP contribution in [-0.2, 0) is 6.54 Å². The van der Waals surface area contributed by atoms with Crippen LogP contribution in [0.15, 0.2) is 36.4 Å². The molecule has 1 N–H and O–H groups in total. The summed E-state index contributed by atoms with van der Waals surface area (Å²) in [5, 5.41) is 24.2. The van der Waals surface area contributed by atoms with E-state index in [1.165, 1.54) is 6.42 Å². The first-order valence-electron chi connectivity index (χ1n) is 9.71. The van der Waals surface area contributed by atoms with E-state index in [-0.39, 0.29) is 0 Å². The smallest absolute Gasteiger partial charge is 0.159 e. The third-order valence-corrected chi connectivity index (χ3v) is 5.52. The Hall–Kier alpha value is -3.04. The summed E-state index contributed by atoms with van der Waals surface area (Å²) in [6.45, 7) is 2.51. The molecule has 7 heteroatoms. The third kappa shape index (κ3) is 4.06. The molecule has 0 radical (unpaired) electrons. The number of nitrogens with zero attached hydrogens (tertiary/aromatic N) is 4. The van der Waals surface area contributed by atoms with Crippen LogP contribution in [0.3, 0.4) is 0 Å². The fourth-order valence-electron chi connectivity index (χ4n) is 3.69. The SMILES string of the molecule is COc1ccc(CNc2nnc(N3CCCCC3)c3ccc(C#N)cc23)cc1Cl. The summed E-state index contributed by atoms with van der Waals surface area (Å²) in [5.74, 6) is 2.19. The van der Waals surface area contributed by atoms with Crippen molar-refractivity contribution >= 4 is 34.0 Å². The molecule has 0 aliphatic carbocycles. The van der Waals surface area contributed by atoms with E-state index in [2.05, 4.69) is 26.5 Å². The number of halogens is 1. The summed E-state index contributed by atoms with van der Waals surface area (Å²) in [6.07, 6.45) is 3.58. The van der Waals surface area contributed by atoms with Crippen LogP contribution in [0.2, 0.25) is 5.02 Å². The minimum atomic E-state index is 0.535. The van der Waals surface area contributed by atoms with Gasteiger partial charge in [0, 0.05) is 30.4 Å². The zero-order valence-corrected chi connectivity index (χ0v) is 17.0. The molecule has 1 aliphatic heterocycles. The summed E-state index contributed by atoms with van der Waals surface area (Å²) in [4.78, 5) is 2.29. The maximum Gasteiger partial charge on any atom is 0.159 e. The average molecular weight is 408 g/mol. The zero-order chi connectivity index (χ0) is 20.2. The second-order valence-corrected chi connectivity index (χ2v) is 7.52. The van der Waals surface area contributed by atoms with Crippen molar-refractivity contribution in [3.63, 3.8) is 0 Å². The molecular weight excluding hydrogens is 386 g/mol. The Morgan fingerprint density at radius 3 is 2.66 bits per heavy atom. The van der Waals surface area contributed by atoms with Gasteiger partial charge in [0.25, 0.3) is 0 Å². The van der Waals surface area contributed by atoms with Gasteiger partial charge in [0.1, 0.15) is 5.75 Å². The number of benzene rings is 2. The van der Waals surface area contributed by atoms with Crippen molar-refractivity contribution < 1.29 is 4.74 Å². The van der Waals surface area contributed by atoms with Crippen molar-refractivity contribution in [3.05, 3.63) is 52.5 Å². The average Bonchev–Trinajstić information content (AvgIpc) is 2.77. The van der Waals surface area contributed by atoms with Crippen molar-refractivity contribution in [1.29, 1.82) is 5.26 Å². The summed E-state index contributed by atoms with van der Waals surface area (Å²) in [5.41, 5.74) is 1.60. The molecule has 4 rings (SSSR count). The van der Waals surface area contributed by atoms with Crippen LogP contribution >= 0.6 is 11.6 Å². The molecule has 0 atom stereocenters. The van der Waals surface area contributed by atoms with E-state index >= 15 is 0 Å². The van der Waals surface area contributed by atoms with Gasteiger partial charge >= 0.3 is 0 Å². The Bertz CT molecular complexity index is 1070. The first kappa shape index (κ1) is 19.3. The van der Waals surface area contributed by atoms with Gasteiger partial charge in [-0.2, -0.15) is 5.26 Å². The highest BCUT2D eigenvalue weighted by Crippen LogP contribution is 2.31. The van der Waals surface area contributed by atoms with Crippen LogP contribution < -0.4 is 15.0 Å². The fraction of sp³-hybridized carbons (Fsp3) is 0.318. The molecule has 0 bridgehead atoms. The lowest BCUT2D eigenvalue weighted by atomic mass is 10.1. The second kappa shape index (κ2) is 8.54. The molecule has 1 aliphatic rings. The Morgan fingerprint density at radius 1 is 1.10 bits per heavy atom. The van der Waals surface area contributed by atoms with E-state index in [0.29, 0.717) is 28.7 Å². The lowest BCUT2D eigenvalue weighted by Gasteiger charge is -2.28. The summed E-state index contributed by atoms with van der Waals surface area (Å²) in [7, 11) is 1.59. The van der Waals surface area contributed by atoms with E-state index in [1.54, 1.807) is 7.11 Å².